The lowest BCUT2D eigenvalue weighted by molar-refractivity contribution is -0.114. The molecule has 1 heterocycles. The third-order valence-corrected chi connectivity index (χ3v) is 7.21. The Morgan fingerprint density at radius 3 is 2.32 bits per heavy atom. The normalized spacial score (nSPS) is 14.5. The average molecular weight is 490 g/mol. The van der Waals surface area contributed by atoms with E-state index >= 15 is 0 Å². The molecule has 10 heteroatoms. The Morgan fingerprint density at radius 2 is 1.71 bits per heavy atom. The summed E-state index contributed by atoms with van der Waals surface area (Å²) in [7, 11) is -2.19. The highest BCUT2D eigenvalue weighted by Gasteiger charge is 2.27. The van der Waals surface area contributed by atoms with Gasteiger partial charge in [-0.3, -0.25) is 4.79 Å². The molecule has 184 valence electrons. The number of hydrogen-bond acceptors (Lipinski definition) is 7. The zero-order chi connectivity index (χ0) is 24.7. The molecule has 0 unspecified atom stereocenters. The Hall–Kier alpha value is -3.11. The van der Waals surface area contributed by atoms with E-state index < -0.39 is 16.0 Å². The second-order valence-electron chi connectivity index (χ2n) is 8.26. The van der Waals surface area contributed by atoms with Crippen molar-refractivity contribution in [3.05, 3.63) is 48.0 Å². The zero-order valence-corrected chi connectivity index (χ0v) is 20.5. The van der Waals surface area contributed by atoms with Crippen LogP contribution in [0.1, 0.15) is 43.5 Å². The number of anilines is 2. The third-order valence-electron chi connectivity index (χ3n) is 5.31. The maximum Gasteiger partial charge on any atom is 0.338 e. The Bertz CT molecular complexity index is 1110. The fourth-order valence-electron chi connectivity index (χ4n) is 3.58. The number of ether oxygens (including phenoxy) is 2. The van der Waals surface area contributed by atoms with Crippen LogP contribution in [0.4, 0.5) is 11.4 Å². The minimum atomic E-state index is -3.65. The molecule has 2 aromatic carbocycles. The van der Waals surface area contributed by atoms with Crippen molar-refractivity contribution in [3.8, 4) is 5.75 Å². The van der Waals surface area contributed by atoms with Gasteiger partial charge in [-0.2, -0.15) is 4.31 Å². The summed E-state index contributed by atoms with van der Waals surface area (Å²) in [5, 5.41) is 5.69. The van der Waals surface area contributed by atoms with Crippen molar-refractivity contribution in [1.29, 1.82) is 0 Å². The Morgan fingerprint density at radius 1 is 1.03 bits per heavy atom. The number of benzene rings is 2. The SMILES string of the molecule is COc1ccc(S(=O)(=O)N2CCCCC2)cc1NC(=O)CNc1ccc(C(=O)OC(C)C)cc1. The lowest BCUT2D eigenvalue weighted by Gasteiger charge is -2.26. The van der Waals surface area contributed by atoms with E-state index in [1.165, 1.54) is 29.6 Å². The summed E-state index contributed by atoms with van der Waals surface area (Å²) < 4.78 is 37.9. The molecule has 1 fully saturated rings. The van der Waals surface area contributed by atoms with E-state index in [4.69, 9.17) is 9.47 Å². The zero-order valence-electron chi connectivity index (χ0n) is 19.7. The molecule has 0 spiro atoms. The number of methoxy groups -OCH3 is 1. The van der Waals surface area contributed by atoms with Crippen LogP contribution in [0.25, 0.3) is 0 Å². The number of rotatable bonds is 9. The second kappa shape index (κ2) is 11.3. The second-order valence-corrected chi connectivity index (χ2v) is 10.2. The lowest BCUT2D eigenvalue weighted by Crippen LogP contribution is -2.35. The molecule has 0 aliphatic carbocycles. The molecule has 0 atom stereocenters. The fourth-order valence-corrected chi connectivity index (χ4v) is 5.13. The van der Waals surface area contributed by atoms with Crippen molar-refractivity contribution in [2.45, 2.75) is 44.1 Å². The van der Waals surface area contributed by atoms with E-state index in [9.17, 15) is 18.0 Å². The summed E-state index contributed by atoms with van der Waals surface area (Å²) in [4.78, 5) is 24.6. The van der Waals surface area contributed by atoms with E-state index in [-0.39, 0.29) is 29.1 Å². The van der Waals surface area contributed by atoms with Crippen LogP contribution in [-0.2, 0) is 19.6 Å². The number of sulfonamides is 1. The first-order valence-corrected chi connectivity index (χ1v) is 12.7. The number of carbonyl (C=O) groups excluding carboxylic acids is 2. The van der Waals surface area contributed by atoms with Crippen LogP contribution in [-0.4, -0.2) is 57.4 Å². The molecule has 1 saturated heterocycles. The van der Waals surface area contributed by atoms with Crippen molar-refractivity contribution in [2.24, 2.45) is 0 Å². The summed E-state index contributed by atoms with van der Waals surface area (Å²) in [6.07, 6.45) is 2.49. The van der Waals surface area contributed by atoms with Gasteiger partial charge in [-0.25, -0.2) is 13.2 Å². The number of carbonyl (C=O) groups is 2. The molecule has 1 amide bonds. The minimum Gasteiger partial charge on any atom is -0.495 e. The predicted octanol–water partition coefficient (Wildman–Crippen LogP) is 3.49. The number of esters is 1. The molecule has 2 aromatic rings. The summed E-state index contributed by atoms with van der Waals surface area (Å²) in [5.74, 6) is -0.432. The van der Waals surface area contributed by atoms with E-state index in [1.54, 1.807) is 38.1 Å². The standard InChI is InChI=1S/C24H31N3O6S/c1-17(2)33-24(29)18-7-9-19(10-8-18)25-16-23(28)26-21-15-20(11-12-22(21)32-3)34(30,31)27-13-5-4-6-14-27/h7-12,15,17,25H,4-6,13-14,16H2,1-3H3,(H,26,28). The number of piperidine rings is 1. The molecule has 0 bridgehead atoms. The molecule has 9 nitrogen and oxygen atoms in total. The molecule has 1 aliphatic rings. The monoisotopic (exact) mass is 489 g/mol. The van der Waals surface area contributed by atoms with Gasteiger partial charge in [-0.05, 0) is 69.2 Å². The van der Waals surface area contributed by atoms with Gasteiger partial charge in [0.25, 0.3) is 0 Å². The first-order valence-electron chi connectivity index (χ1n) is 11.2. The quantitative estimate of drug-likeness (QED) is 0.518. The molecule has 0 radical (unpaired) electrons. The van der Waals surface area contributed by atoms with Crippen LogP contribution in [0.5, 0.6) is 5.75 Å². The molecule has 34 heavy (non-hydrogen) atoms. The lowest BCUT2D eigenvalue weighted by atomic mass is 10.2. The fraction of sp³-hybridized carbons (Fsp3) is 0.417. The predicted molar refractivity (Wildman–Crippen MR) is 130 cm³/mol. The summed E-state index contributed by atoms with van der Waals surface area (Å²) in [5.41, 5.74) is 1.34. The number of nitrogens with one attached hydrogen (secondary N) is 2. The summed E-state index contributed by atoms with van der Waals surface area (Å²) >= 11 is 0. The first kappa shape index (κ1) is 25.5. The third kappa shape index (κ3) is 6.48. The molecule has 0 aromatic heterocycles. The van der Waals surface area contributed by atoms with Crippen molar-refractivity contribution in [2.75, 3.05) is 37.4 Å². The van der Waals surface area contributed by atoms with Gasteiger partial charge in [-0.1, -0.05) is 6.42 Å². The van der Waals surface area contributed by atoms with Gasteiger partial charge >= 0.3 is 5.97 Å². The number of nitrogens with zero attached hydrogens (tertiary/aromatic N) is 1. The van der Waals surface area contributed by atoms with Crippen LogP contribution in [0.15, 0.2) is 47.4 Å². The highest BCUT2D eigenvalue weighted by atomic mass is 32.2. The average Bonchev–Trinajstić information content (AvgIpc) is 2.83. The van der Waals surface area contributed by atoms with Crippen molar-refractivity contribution < 1.29 is 27.5 Å². The molecule has 0 saturated carbocycles. The molecular weight excluding hydrogens is 458 g/mol. The molecular formula is C24H31N3O6S. The summed E-state index contributed by atoms with van der Waals surface area (Å²) in [6.45, 7) is 4.48. The maximum atomic E-state index is 13.0. The highest BCUT2D eigenvalue weighted by molar-refractivity contribution is 7.89. The first-order chi connectivity index (χ1) is 16.2. The van der Waals surface area contributed by atoms with E-state index in [0.29, 0.717) is 30.1 Å². The molecule has 2 N–H and O–H groups in total. The summed E-state index contributed by atoms with van der Waals surface area (Å²) in [6, 6.07) is 11.0. The Labute approximate surface area is 200 Å². The van der Waals surface area contributed by atoms with E-state index in [0.717, 1.165) is 19.3 Å². The van der Waals surface area contributed by atoms with Gasteiger partial charge in [0.2, 0.25) is 15.9 Å². The topological polar surface area (TPSA) is 114 Å². The number of hydrogen-bond donors (Lipinski definition) is 2. The minimum absolute atomic E-state index is 0.0674. The van der Waals surface area contributed by atoms with Crippen molar-refractivity contribution in [3.63, 3.8) is 0 Å². The smallest absolute Gasteiger partial charge is 0.338 e. The van der Waals surface area contributed by atoms with Crippen molar-refractivity contribution >= 4 is 33.3 Å². The van der Waals surface area contributed by atoms with Crippen LogP contribution < -0.4 is 15.4 Å². The highest BCUT2D eigenvalue weighted by Crippen LogP contribution is 2.30. The van der Waals surface area contributed by atoms with E-state index in [1.807, 2.05) is 0 Å². The van der Waals surface area contributed by atoms with Gasteiger partial charge in [-0.15, -0.1) is 0 Å². The largest absolute Gasteiger partial charge is 0.495 e. The maximum absolute atomic E-state index is 13.0. The molecule has 1 aliphatic heterocycles. The van der Waals surface area contributed by atoms with Gasteiger partial charge in [0.05, 0.1) is 35.9 Å². The Kier molecular flexibility index (Phi) is 8.51. The van der Waals surface area contributed by atoms with E-state index in [2.05, 4.69) is 10.6 Å². The van der Waals surface area contributed by atoms with Crippen LogP contribution in [0.3, 0.4) is 0 Å². The van der Waals surface area contributed by atoms with Gasteiger partial charge < -0.3 is 20.1 Å². The Balaban J connectivity index is 1.65. The van der Waals surface area contributed by atoms with Gasteiger partial charge in [0.1, 0.15) is 5.75 Å². The van der Waals surface area contributed by atoms with Crippen LogP contribution in [0, 0.1) is 0 Å². The van der Waals surface area contributed by atoms with Crippen LogP contribution in [0.2, 0.25) is 0 Å². The molecule has 3 rings (SSSR count). The van der Waals surface area contributed by atoms with Crippen LogP contribution >= 0.6 is 0 Å². The van der Waals surface area contributed by atoms with Crippen molar-refractivity contribution in [1.82, 2.24) is 4.31 Å². The van der Waals surface area contributed by atoms with Gasteiger partial charge in [0.15, 0.2) is 0 Å². The number of amides is 1. The van der Waals surface area contributed by atoms with Gasteiger partial charge in [0, 0.05) is 18.8 Å².